The fourth-order valence-electron chi connectivity index (χ4n) is 2.02. The quantitative estimate of drug-likeness (QED) is 0.709. The molecule has 0 atom stereocenters. The van der Waals surface area contributed by atoms with Crippen LogP contribution in [0.3, 0.4) is 0 Å². The highest BCUT2D eigenvalue weighted by Crippen LogP contribution is 2.03. The van der Waals surface area contributed by atoms with Crippen molar-refractivity contribution < 1.29 is 4.79 Å². The Morgan fingerprint density at radius 1 is 1.20 bits per heavy atom. The Labute approximate surface area is 123 Å². The molecule has 1 aromatic rings. The first-order valence-electron chi connectivity index (χ1n) is 7.39. The highest BCUT2D eigenvalue weighted by atomic mass is 16.1. The molecule has 0 bridgehead atoms. The van der Waals surface area contributed by atoms with Gasteiger partial charge >= 0.3 is 0 Å². The van der Waals surface area contributed by atoms with Crippen molar-refractivity contribution in [3.63, 3.8) is 0 Å². The van der Waals surface area contributed by atoms with E-state index in [9.17, 15) is 4.79 Å². The van der Waals surface area contributed by atoms with E-state index in [1.807, 2.05) is 30.3 Å². The Bertz CT molecular complexity index is 453. The van der Waals surface area contributed by atoms with E-state index in [0.29, 0.717) is 25.3 Å². The molecule has 0 saturated carbocycles. The number of benzene rings is 1. The van der Waals surface area contributed by atoms with E-state index < -0.39 is 0 Å². The van der Waals surface area contributed by atoms with Gasteiger partial charge in [-0.15, -0.1) is 5.92 Å². The van der Waals surface area contributed by atoms with E-state index in [2.05, 4.69) is 37.5 Å². The van der Waals surface area contributed by atoms with Gasteiger partial charge in [-0.05, 0) is 26.0 Å². The Morgan fingerprint density at radius 2 is 1.90 bits per heavy atom. The number of hydrogen-bond acceptors (Lipinski definition) is 2. The molecular weight excluding hydrogens is 246 g/mol. The molecule has 0 unspecified atom stereocenters. The van der Waals surface area contributed by atoms with Crippen molar-refractivity contribution in [2.75, 3.05) is 13.1 Å². The zero-order valence-corrected chi connectivity index (χ0v) is 12.9. The molecule has 0 fully saturated rings. The Hall–Kier alpha value is -1.59. The van der Waals surface area contributed by atoms with Gasteiger partial charge in [0.2, 0.25) is 0 Å². The summed E-state index contributed by atoms with van der Waals surface area (Å²) in [6.45, 7) is 8.30. The Balaban J connectivity index is 2.26. The molecule has 0 saturated heterocycles. The Kier molecular flexibility index (Phi) is 7.69. The molecule has 1 rings (SSSR count). The van der Waals surface area contributed by atoms with Gasteiger partial charge in [-0.1, -0.05) is 43.2 Å². The maximum atomic E-state index is 11.8. The lowest BCUT2D eigenvalue weighted by atomic mass is 10.1. The van der Waals surface area contributed by atoms with E-state index in [4.69, 9.17) is 0 Å². The number of ketones is 1. The molecule has 20 heavy (non-hydrogen) atoms. The second-order valence-corrected chi connectivity index (χ2v) is 5.21. The minimum atomic E-state index is 0.265. The average Bonchev–Trinajstić information content (AvgIpc) is 2.43. The van der Waals surface area contributed by atoms with Gasteiger partial charge in [0.05, 0.1) is 6.54 Å². The number of rotatable bonds is 7. The van der Waals surface area contributed by atoms with E-state index in [1.165, 1.54) is 0 Å². The molecule has 0 amide bonds. The predicted molar refractivity (Wildman–Crippen MR) is 84.5 cm³/mol. The highest BCUT2D eigenvalue weighted by molar-refractivity contribution is 5.81. The number of nitrogens with zero attached hydrogens (tertiary/aromatic N) is 1. The molecule has 0 aromatic heterocycles. The zero-order valence-electron chi connectivity index (χ0n) is 12.9. The van der Waals surface area contributed by atoms with E-state index in [1.54, 1.807) is 0 Å². The number of Topliss-reactive ketones (excluding diaryl/α,β-unsaturated/α-hetero) is 1. The molecule has 0 aliphatic carbocycles. The summed E-state index contributed by atoms with van der Waals surface area (Å²) in [5.41, 5.74) is 1.09. The maximum Gasteiger partial charge on any atom is 0.138 e. The molecule has 0 spiro atoms. The second kappa shape index (κ2) is 9.34. The normalized spacial score (nSPS) is 10.4. The predicted octanol–water partition coefficient (Wildman–Crippen LogP) is 3.31. The number of hydrogen-bond donors (Lipinski definition) is 0. The van der Waals surface area contributed by atoms with Gasteiger partial charge < -0.3 is 0 Å². The summed E-state index contributed by atoms with van der Waals surface area (Å²) in [4.78, 5) is 14.1. The summed E-state index contributed by atoms with van der Waals surface area (Å²) in [7, 11) is 0. The molecule has 0 aliphatic rings. The van der Waals surface area contributed by atoms with Crippen LogP contribution in [0.5, 0.6) is 0 Å². The lowest BCUT2D eigenvalue weighted by Crippen LogP contribution is -2.30. The molecule has 1 aromatic carbocycles. The summed E-state index contributed by atoms with van der Waals surface area (Å²) in [6.07, 6.45) is 1.74. The fraction of sp³-hybridized carbons (Fsp3) is 0.500. The second-order valence-electron chi connectivity index (χ2n) is 5.21. The van der Waals surface area contributed by atoms with Gasteiger partial charge in [-0.2, -0.15) is 0 Å². The number of carbonyl (C=O) groups excluding carboxylic acids is 1. The smallest absolute Gasteiger partial charge is 0.138 e. The maximum absolute atomic E-state index is 11.8. The zero-order chi connectivity index (χ0) is 14.8. The minimum absolute atomic E-state index is 0.265. The van der Waals surface area contributed by atoms with Gasteiger partial charge in [0.25, 0.3) is 0 Å². The van der Waals surface area contributed by atoms with Crippen LogP contribution in [0.25, 0.3) is 0 Å². The SMILES string of the molecule is CCN(CC#CCCC(=O)Cc1ccccc1)C(C)C. The van der Waals surface area contributed by atoms with Crippen LogP contribution in [-0.4, -0.2) is 29.8 Å². The molecule has 0 aliphatic heterocycles. The first-order chi connectivity index (χ1) is 9.63. The summed E-state index contributed by atoms with van der Waals surface area (Å²) in [6, 6.07) is 10.4. The minimum Gasteiger partial charge on any atom is -0.299 e. The lowest BCUT2D eigenvalue weighted by Gasteiger charge is -2.21. The van der Waals surface area contributed by atoms with Crippen LogP contribution < -0.4 is 0 Å². The van der Waals surface area contributed by atoms with Crippen molar-refractivity contribution in [3.8, 4) is 11.8 Å². The van der Waals surface area contributed by atoms with E-state index in [0.717, 1.165) is 18.7 Å². The summed E-state index contributed by atoms with van der Waals surface area (Å²) < 4.78 is 0. The molecule has 2 nitrogen and oxygen atoms in total. The van der Waals surface area contributed by atoms with Crippen LogP contribution in [0.1, 0.15) is 39.2 Å². The molecule has 108 valence electrons. The topological polar surface area (TPSA) is 20.3 Å². The van der Waals surface area contributed by atoms with Gasteiger partial charge in [0.15, 0.2) is 0 Å². The highest BCUT2D eigenvalue weighted by Gasteiger charge is 2.04. The van der Waals surface area contributed by atoms with Crippen molar-refractivity contribution in [2.45, 2.75) is 46.1 Å². The van der Waals surface area contributed by atoms with Gasteiger partial charge in [-0.3, -0.25) is 9.69 Å². The third-order valence-electron chi connectivity index (χ3n) is 3.32. The third kappa shape index (κ3) is 6.54. The standard InChI is InChI=1S/C18H25NO/c1-4-19(16(2)3)14-10-6-9-13-18(20)15-17-11-7-5-8-12-17/h5,7-8,11-12,16H,4,9,13-15H2,1-3H3. The number of carbonyl (C=O) groups is 1. The summed E-state index contributed by atoms with van der Waals surface area (Å²) in [5, 5.41) is 0. The van der Waals surface area contributed by atoms with Crippen molar-refractivity contribution in [1.29, 1.82) is 0 Å². The van der Waals surface area contributed by atoms with Crippen molar-refractivity contribution in [1.82, 2.24) is 4.90 Å². The van der Waals surface area contributed by atoms with Gasteiger partial charge in [0, 0.05) is 25.3 Å². The van der Waals surface area contributed by atoms with Crippen LogP contribution in [0.15, 0.2) is 30.3 Å². The summed E-state index contributed by atoms with van der Waals surface area (Å²) in [5.74, 6) is 6.54. The lowest BCUT2D eigenvalue weighted by molar-refractivity contribution is -0.118. The van der Waals surface area contributed by atoms with Crippen LogP contribution in [-0.2, 0) is 11.2 Å². The van der Waals surface area contributed by atoms with Crippen LogP contribution in [0, 0.1) is 11.8 Å². The van der Waals surface area contributed by atoms with Crippen LogP contribution in [0.2, 0.25) is 0 Å². The van der Waals surface area contributed by atoms with E-state index >= 15 is 0 Å². The van der Waals surface area contributed by atoms with Gasteiger partial charge in [-0.25, -0.2) is 0 Å². The first kappa shape index (κ1) is 16.5. The monoisotopic (exact) mass is 271 g/mol. The fourth-order valence-corrected chi connectivity index (χ4v) is 2.02. The largest absolute Gasteiger partial charge is 0.299 e. The summed E-state index contributed by atoms with van der Waals surface area (Å²) >= 11 is 0. The third-order valence-corrected chi connectivity index (χ3v) is 3.32. The van der Waals surface area contributed by atoms with Crippen molar-refractivity contribution >= 4 is 5.78 Å². The van der Waals surface area contributed by atoms with Gasteiger partial charge in [0.1, 0.15) is 5.78 Å². The molecular formula is C18H25NO. The van der Waals surface area contributed by atoms with Crippen molar-refractivity contribution in [3.05, 3.63) is 35.9 Å². The molecule has 0 heterocycles. The molecule has 0 radical (unpaired) electrons. The van der Waals surface area contributed by atoms with E-state index in [-0.39, 0.29) is 5.78 Å². The Morgan fingerprint density at radius 3 is 2.50 bits per heavy atom. The molecule has 0 N–H and O–H groups in total. The van der Waals surface area contributed by atoms with Crippen LogP contribution >= 0.6 is 0 Å². The van der Waals surface area contributed by atoms with Crippen LogP contribution in [0.4, 0.5) is 0 Å². The first-order valence-corrected chi connectivity index (χ1v) is 7.39. The average molecular weight is 271 g/mol. The van der Waals surface area contributed by atoms with Crippen molar-refractivity contribution in [2.24, 2.45) is 0 Å². The molecule has 2 heteroatoms.